The van der Waals surface area contributed by atoms with Gasteiger partial charge in [-0.15, -0.1) is 0 Å². The Balaban J connectivity index is 2.43. The summed E-state index contributed by atoms with van der Waals surface area (Å²) in [5.41, 5.74) is 6.22. The highest BCUT2D eigenvalue weighted by Crippen LogP contribution is 2.28. The van der Waals surface area contributed by atoms with E-state index in [9.17, 15) is 0 Å². The third-order valence-corrected chi connectivity index (χ3v) is 3.87. The molecule has 0 spiro atoms. The first-order valence-electron chi connectivity index (χ1n) is 7.46. The Morgan fingerprint density at radius 1 is 1.25 bits per heavy atom. The van der Waals surface area contributed by atoms with Gasteiger partial charge in [-0.3, -0.25) is 4.68 Å². The summed E-state index contributed by atoms with van der Waals surface area (Å²) in [5, 5.41) is 8.08. The fraction of sp³-hybridized carbons (Fsp3) is 0.471. The fourth-order valence-corrected chi connectivity index (χ4v) is 2.81. The van der Waals surface area contributed by atoms with Crippen LogP contribution in [0.2, 0.25) is 0 Å². The third-order valence-electron chi connectivity index (χ3n) is 3.87. The highest BCUT2D eigenvalue weighted by molar-refractivity contribution is 5.69. The van der Waals surface area contributed by atoms with Crippen molar-refractivity contribution in [2.75, 3.05) is 6.54 Å². The first-order chi connectivity index (χ1) is 9.58. The maximum Gasteiger partial charge on any atom is 0.0674 e. The molecule has 0 aliphatic rings. The summed E-state index contributed by atoms with van der Waals surface area (Å²) in [7, 11) is 0. The highest BCUT2D eigenvalue weighted by Gasteiger charge is 2.13. The molecule has 108 valence electrons. The predicted octanol–water partition coefficient (Wildman–Crippen LogP) is 3.86. The maximum absolute atomic E-state index is 4.62. The van der Waals surface area contributed by atoms with Gasteiger partial charge in [0, 0.05) is 23.8 Å². The Kier molecular flexibility index (Phi) is 4.61. The smallest absolute Gasteiger partial charge is 0.0674 e. The topological polar surface area (TPSA) is 29.9 Å². The first kappa shape index (κ1) is 14.8. The number of nitrogens with one attached hydrogen (secondary N) is 1. The van der Waals surface area contributed by atoms with Gasteiger partial charge in [0.1, 0.15) is 0 Å². The number of rotatable bonds is 5. The molecular weight excluding hydrogens is 246 g/mol. The van der Waals surface area contributed by atoms with Crippen molar-refractivity contribution in [3.05, 3.63) is 41.2 Å². The Labute approximate surface area is 122 Å². The van der Waals surface area contributed by atoms with Gasteiger partial charge >= 0.3 is 0 Å². The molecule has 0 aliphatic heterocycles. The van der Waals surface area contributed by atoms with Gasteiger partial charge in [-0.2, -0.15) is 5.10 Å². The number of benzene rings is 1. The fourth-order valence-electron chi connectivity index (χ4n) is 2.81. The van der Waals surface area contributed by atoms with E-state index in [2.05, 4.69) is 74.0 Å². The standard InChI is InChI=1S/C17H25N3/c1-6-18-12(3)15-9-8-10-16(11-15)17-13(4)19-20(7-2)14(17)5/h8-12,18H,6-7H2,1-5H3. The van der Waals surface area contributed by atoms with Crippen LogP contribution in [0.1, 0.15) is 43.8 Å². The largest absolute Gasteiger partial charge is 0.310 e. The van der Waals surface area contributed by atoms with Gasteiger partial charge in [0.25, 0.3) is 0 Å². The minimum Gasteiger partial charge on any atom is -0.310 e. The molecule has 2 aromatic rings. The second-order valence-corrected chi connectivity index (χ2v) is 5.27. The van der Waals surface area contributed by atoms with Crippen molar-refractivity contribution in [1.29, 1.82) is 0 Å². The molecule has 0 saturated carbocycles. The van der Waals surface area contributed by atoms with E-state index in [-0.39, 0.29) is 0 Å². The van der Waals surface area contributed by atoms with Crippen LogP contribution in [-0.4, -0.2) is 16.3 Å². The summed E-state index contributed by atoms with van der Waals surface area (Å²) in [6, 6.07) is 9.16. The molecule has 1 unspecified atom stereocenters. The number of aryl methyl sites for hydroxylation is 2. The van der Waals surface area contributed by atoms with E-state index in [0.29, 0.717) is 6.04 Å². The van der Waals surface area contributed by atoms with Crippen molar-refractivity contribution in [2.45, 2.75) is 47.2 Å². The van der Waals surface area contributed by atoms with E-state index < -0.39 is 0 Å². The van der Waals surface area contributed by atoms with Crippen LogP contribution in [0.25, 0.3) is 11.1 Å². The van der Waals surface area contributed by atoms with Gasteiger partial charge in [0.05, 0.1) is 5.69 Å². The third kappa shape index (κ3) is 2.78. The number of hydrogen-bond acceptors (Lipinski definition) is 2. The minimum atomic E-state index is 0.377. The zero-order chi connectivity index (χ0) is 14.7. The average Bonchev–Trinajstić information content (AvgIpc) is 2.73. The molecule has 2 rings (SSSR count). The van der Waals surface area contributed by atoms with Crippen LogP contribution in [0.3, 0.4) is 0 Å². The molecule has 0 saturated heterocycles. The van der Waals surface area contributed by atoms with E-state index in [0.717, 1.165) is 18.8 Å². The van der Waals surface area contributed by atoms with Crippen LogP contribution in [0.4, 0.5) is 0 Å². The van der Waals surface area contributed by atoms with Crippen LogP contribution in [0.15, 0.2) is 24.3 Å². The minimum absolute atomic E-state index is 0.377. The molecule has 1 heterocycles. The highest BCUT2D eigenvalue weighted by atomic mass is 15.3. The van der Waals surface area contributed by atoms with Crippen LogP contribution in [0, 0.1) is 13.8 Å². The van der Waals surface area contributed by atoms with Gasteiger partial charge in [-0.05, 0) is 51.4 Å². The number of hydrogen-bond donors (Lipinski definition) is 1. The Morgan fingerprint density at radius 2 is 2.00 bits per heavy atom. The molecule has 1 aromatic heterocycles. The second-order valence-electron chi connectivity index (χ2n) is 5.27. The second kappa shape index (κ2) is 6.23. The van der Waals surface area contributed by atoms with Gasteiger partial charge in [-0.25, -0.2) is 0 Å². The zero-order valence-electron chi connectivity index (χ0n) is 13.2. The van der Waals surface area contributed by atoms with Crippen molar-refractivity contribution < 1.29 is 0 Å². The molecule has 20 heavy (non-hydrogen) atoms. The van der Waals surface area contributed by atoms with E-state index in [4.69, 9.17) is 0 Å². The summed E-state index contributed by atoms with van der Waals surface area (Å²) in [4.78, 5) is 0. The SMILES string of the molecule is CCNC(C)c1cccc(-c2c(C)nn(CC)c2C)c1. The normalized spacial score (nSPS) is 12.7. The Hall–Kier alpha value is -1.61. The quantitative estimate of drug-likeness (QED) is 0.895. The van der Waals surface area contributed by atoms with Crippen LogP contribution < -0.4 is 5.32 Å². The van der Waals surface area contributed by atoms with Gasteiger partial charge in [-0.1, -0.05) is 25.1 Å². The van der Waals surface area contributed by atoms with Crippen molar-refractivity contribution in [2.24, 2.45) is 0 Å². The van der Waals surface area contributed by atoms with Crippen LogP contribution in [0.5, 0.6) is 0 Å². The van der Waals surface area contributed by atoms with E-state index in [1.54, 1.807) is 0 Å². The summed E-state index contributed by atoms with van der Waals surface area (Å²) in [6.45, 7) is 12.6. The maximum atomic E-state index is 4.62. The van der Waals surface area contributed by atoms with Crippen molar-refractivity contribution >= 4 is 0 Å². The summed E-state index contributed by atoms with van der Waals surface area (Å²) in [6.07, 6.45) is 0. The first-order valence-corrected chi connectivity index (χ1v) is 7.46. The molecule has 1 atom stereocenters. The lowest BCUT2D eigenvalue weighted by Crippen LogP contribution is -2.17. The predicted molar refractivity (Wildman–Crippen MR) is 84.9 cm³/mol. The van der Waals surface area contributed by atoms with Crippen LogP contribution >= 0.6 is 0 Å². The summed E-state index contributed by atoms with van der Waals surface area (Å²) >= 11 is 0. The Morgan fingerprint density at radius 3 is 2.60 bits per heavy atom. The average molecular weight is 271 g/mol. The van der Waals surface area contributed by atoms with E-state index in [1.165, 1.54) is 22.4 Å². The van der Waals surface area contributed by atoms with Gasteiger partial charge < -0.3 is 5.32 Å². The number of nitrogens with zero attached hydrogens (tertiary/aromatic N) is 2. The Bertz CT molecular complexity index is 584. The lowest BCUT2D eigenvalue weighted by atomic mass is 9.99. The molecule has 0 bridgehead atoms. The van der Waals surface area contributed by atoms with Crippen molar-refractivity contribution in [1.82, 2.24) is 15.1 Å². The molecule has 0 aliphatic carbocycles. The molecule has 1 N–H and O–H groups in total. The molecule has 0 amide bonds. The monoisotopic (exact) mass is 271 g/mol. The number of aromatic nitrogens is 2. The summed E-state index contributed by atoms with van der Waals surface area (Å²) < 4.78 is 2.07. The lowest BCUT2D eigenvalue weighted by Gasteiger charge is -2.14. The van der Waals surface area contributed by atoms with Crippen molar-refractivity contribution in [3.8, 4) is 11.1 Å². The molecule has 3 heteroatoms. The van der Waals surface area contributed by atoms with E-state index >= 15 is 0 Å². The zero-order valence-corrected chi connectivity index (χ0v) is 13.2. The molecule has 3 nitrogen and oxygen atoms in total. The molecule has 0 fully saturated rings. The molecular formula is C17H25N3. The van der Waals surface area contributed by atoms with Gasteiger partial charge in [0.15, 0.2) is 0 Å². The van der Waals surface area contributed by atoms with Gasteiger partial charge in [0.2, 0.25) is 0 Å². The van der Waals surface area contributed by atoms with Crippen molar-refractivity contribution in [3.63, 3.8) is 0 Å². The molecule has 1 aromatic carbocycles. The van der Waals surface area contributed by atoms with Crippen LogP contribution in [-0.2, 0) is 6.54 Å². The summed E-state index contributed by atoms with van der Waals surface area (Å²) in [5.74, 6) is 0. The molecule has 0 radical (unpaired) electrons. The lowest BCUT2D eigenvalue weighted by molar-refractivity contribution is 0.598. The van der Waals surface area contributed by atoms with E-state index in [1.807, 2.05) is 0 Å².